The average Bonchev–Trinajstić information content (AvgIpc) is 1.88. The van der Waals surface area contributed by atoms with Crippen molar-refractivity contribution >= 4 is 24.4 Å². The number of halogens is 2. The molecular formula is C9H12Cl2NSb-2. The smallest absolute Gasteiger partial charge is 0.0233 e. The molecule has 0 aromatic heterocycles. The van der Waals surface area contributed by atoms with E-state index in [1.165, 1.54) is 5.56 Å². The van der Waals surface area contributed by atoms with E-state index in [4.69, 9.17) is 0 Å². The fraction of sp³-hybridized carbons (Fsp3) is 0.333. The van der Waals surface area contributed by atoms with Gasteiger partial charge in [-0.25, -0.2) is 0 Å². The summed E-state index contributed by atoms with van der Waals surface area (Å²) in [5.74, 6) is 0. The van der Waals surface area contributed by atoms with Crippen LogP contribution in [0.25, 0.3) is 0 Å². The van der Waals surface area contributed by atoms with E-state index < -0.39 is 0 Å². The van der Waals surface area contributed by atoms with Crippen LogP contribution in [0, 0.1) is 6.07 Å². The molecule has 13 heavy (non-hydrogen) atoms. The Balaban J connectivity index is -0.000000333. The van der Waals surface area contributed by atoms with Crippen molar-refractivity contribution < 1.29 is 24.8 Å². The molecule has 1 aromatic carbocycles. The molecule has 0 heterocycles. The van der Waals surface area contributed by atoms with Crippen molar-refractivity contribution in [2.45, 2.75) is 6.54 Å². The summed E-state index contributed by atoms with van der Waals surface area (Å²) in [6.07, 6.45) is 0. The molecule has 0 aliphatic heterocycles. The van der Waals surface area contributed by atoms with E-state index in [2.05, 4.69) is 31.1 Å². The Morgan fingerprint density at radius 1 is 1.23 bits per heavy atom. The van der Waals surface area contributed by atoms with E-state index in [1.54, 1.807) is 0 Å². The van der Waals surface area contributed by atoms with E-state index in [9.17, 15) is 0 Å². The van der Waals surface area contributed by atoms with Crippen molar-refractivity contribution in [3.05, 3.63) is 35.9 Å². The first-order chi connectivity index (χ1) is 4.79. The van der Waals surface area contributed by atoms with Crippen molar-refractivity contribution in [2.75, 3.05) is 14.1 Å². The third-order valence-corrected chi connectivity index (χ3v) is 1.26. The van der Waals surface area contributed by atoms with Gasteiger partial charge in [-0.15, -0.1) is 0 Å². The van der Waals surface area contributed by atoms with Crippen LogP contribution in [-0.4, -0.2) is 43.4 Å². The molecule has 4 radical (unpaired) electrons. The van der Waals surface area contributed by atoms with Crippen LogP contribution in [0.15, 0.2) is 24.3 Å². The van der Waals surface area contributed by atoms with Crippen LogP contribution >= 0.6 is 0 Å². The summed E-state index contributed by atoms with van der Waals surface area (Å²) in [4.78, 5) is 2.13. The maximum atomic E-state index is 3.16. The van der Waals surface area contributed by atoms with E-state index in [0.717, 1.165) is 6.54 Å². The molecule has 1 aromatic rings. The van der Waals surface area contributed by atoms with Crippen molar-refractivity contribution in [3.8, 4) is 0 Å². The molecular weight excluding hydrogens is 315 g/mol. The van der Waals surface area contributed by atoms with Gasteiger partial charge in [-0.05, 0) is 25.7 Å². The fourth-order valence-corrected chi connectivity index (χ4v) is 0.870. The molecule has 0 N–H and O–H groups in total. The minimum atomic E-state index is 0. The Kier molecular flexibility index (Phi) is 15.7. The van der Waals surface area contributed by atoms with Crippen LogP contribution in [0.3, 0.4) is 0 Å². The number of rotatable bonds is 2. The maximum absolute atomic E-state index is 3.16. The van der Waals surface area contributed by atoms with Crippen molar-refractivity contribution in [2.24, 2.45) is 0 Å². The summed E-state index contributed by atoms with van der Waals surface area (Å²) in [5, 5.41) is 0. The molecule has 74 valence electrons. The van der Waals surface area contributed by atoms with Gasteiger partial charge in [-0.1, -0.05) is 24.3 Å². The van der Waals surface area contributed by atoms with E-state index in [0.29, 0.717) is 0 Å². The van der Waals surface area contributed by atoms with Gasteiger partial charge in [-0.3, -0.25) is 0 Å². The molecule has 0 saturated heterocycles. The van der Waals surface area contributed by atoms with Crippen LogP contribution in [-0.2, 0) is 6.54 Å². The second kappa shape index (κ2) is 10.7. The summed E-state index contributed by atoms with van der Waals surface area (Å²) in [6.45, 7) is 0.973. The molecule has 0 amide bonds. The van der Waals surface area contributed by atoms with Crippen LogP contribution in [0.2, 0.25) is 0 Å². The van der Waals surface area contributed by atoms with Gasteiger partial charge in [-0.2, -0.15) is 0 Å². The largest absolute Gasteiger partial charge is 1.00 e. The Bertz CT molecular complexity index is 192. The third-order valence-electron chi connectivity index (χ3n) is 1.26. The van der Waals surface area contributed by atoms with Gasteiger partial charge < -0.3 is 29.7 Å². The number of hydrogen-bond donors (Lipinski definition) is 0. The number of nitrogens with zero attached hydrogens (tertiary/aromatic N) is 1. The SMILES string of the molecule is CN(C)Cc1[c]cccc1.[Cl-].[Cl-].[Sb]. The summed E-state index contributed by atoms with van der Waals surface area (Å²) in [6, 6.07) is 11.2. The molecule has 0 aliphatic rings. The first kappa shape index (κ1) is 19.2. The molecule has 0 unspecified atom stereocenters. The van der Waals surface area contributed by atoms with E-state index >= 15 is 0 Å². The Morgan fingerprint density at radius 3 is 2.23 bits per heavy atom. The minimum Gasteiger partial charge on any atom is -1.00 e. The second-order valence-electron chi connectivity index (χ2n) is 2.63. The predicted molar refractivity (Wildman–Crippen MR) is 48.4 cm³/mol. The molecule has 1 rings (SSSR count). The molecule has 0 spiro atoms. The van der Waals surface area contributed by atoms with Gasteiger partial charge >= 0.3 is 0 Å². The summed E-state index contributed by atoms with van der Waals surface area (Å²) in [5.41, 5.74) is 1.24. The predicted octanol–water partition coefficient (Wildman–Crippen LogP) is -4.82. The monoisotopic (exact) mass is 325 g/mol. The van der Waals surface area contributed by atoms with Gasteiger partial charge in [0.1, 0.15) is 0 Å². The molecule has 1 nitrogen and oxygen atoms in total. The Hall–Kier alpha value is 0.578. The standard InChI is InChI=1S/C9H12N.2ClH.Sb/c1-10(2)8-9-6-4-3-5-7-9;;;/h3-6H,8H2,1-2H3;2*1H;/p-2. The quantitative estimate of drug-likeness (QED) is 0.493. The molecule has 0 atom stereocenters. The summed E-state index contributed by atoms with van der Waals surface area (Å²) < 4.78 is 0. The Morgan fingerprint density at radius 2 is 1.85 bits per heavy atom. The van der Waals surface area contributed by atoms with Gasteiger partial charge in [0.2, 0.25) is 0 Å². The minimum absolute atomic E-state index is 0. The zero-order valence-electron chi connectivity index (χ0n) is 7.67. The van der Waals surface area contributed by atoms with E-state index in [1.807, 2.05) is 18.2 Å². The zero-order valence-corrected chi connectivity index (χ0v) is 11.7. The van der Waals surface area contributed by atoms with Crippen LogP contribution in [0.5, 0.6) is 0 Å². The summed E-state index contributed by atoms with van der Waals surface area (Å²) in [7, 11) is 4.11. The topological polar surface area (TPSA) is 3.24 Å². The van der Waals surface area contributed by atoms with Crippen molar-refractivity contribution in [3.63, 3.8) is 0 Å². The van der Waals surface area contributed by atoms with Crippen molar-refractivity contribution in [1.82, 2.24) is 4.90 Å². The second-order valence-corrected chi connectivity index (χ2v) is 2.63. The van der Waals surface area contributed by atoms with Crippen LogP contribution in [0.1, 0.15) is 5.56 Å². The fourth-order valence-electron chi connectivity index (χ4n) is 0.870. The maximum Gasteiger partial charge on any atom is 0.0233 e. The molecule has 4 heteroatoms. The number of hydrogen-bond acceptors (Lipinski definition) is 1. The third kappa shape index (κ3) is 8.90. The first-order valence-corrected chi connectivity index (χ1v) is 3.39. The van der Waals surface area contributed by atoms with E-state index in [-0.39, 0.29) is 49.2 Å². The van der Waals surface area contributed by atoms with Gasteiger partial charge in [0.05, 0.1) is 0 Å². The molecule has 0 fully saturated rings. The average molecular weight is 327 g/mol. The number of benzene rings is 1. The molecule has 0 aliphatic carbocycles. The van der Waals surface area contributed by atoms with Crippen LogP contribution in [0.4, 0.5) is 0 Å². The van der Waals surface area contributed by atoms with Gasteiger partial charge in [0.15, 0.2) is 0 Å². The summed E-state index contributed by atoms with van der Waals surface area (Å²) >= 11 is 0. The Labute approximate surface area is 110 Å². The first-order valence-electron chi connectivity index (χ1n) is 3.39. The zero-order chi connectivity index (χ0) is 7.40. The van der Waals surface area contributed by atoms with Gasteiger partial charge in [0, 0.05) is 31.0 Å². The van der Waals surface area contributed by atoms with Crippen molar-refractivity contribution in [1.29, 1.82) is 0 Å². The van der Waals surface area contributed by atoms with Crippen LogP contribution < -0.4 is 24.8 Å². The molecule has 0 saturated carbocycles. The normalized spacial score (nSPS) is 7.92. The van der Waals surface area contributed by atoms with Gasteiger partial charge in [0.25, 0.3) is 0 Å². The molecule has 0 bridgehead atoms.